The number of halogens is 1. The SMILES string of the molecule is NC(=S)Nc1cc2c(cc1C(=O)c1ccc(Br)cc1)OCCO2. The minimum absolute atomic E-state index is 0.0755. The number of nitrogens with two attached hydrogens (primary N) is 1. The summed E-state index contributed by atoms with van der Waals surface area (Å²) < 4.78 is 12.0. The van der Waals surface area contributed by atoms with E-state index in [1.165, 1.54) is 0 Å². The smallest absolute Gasteiger partial charge is 0.195 e. The molecule has 0 saturated carbocycles. The molecule has 7 heteroatoms. The van der Waals surface area contributed by atoms with Crippen LogP contribution in [0.2, 0.25) is 0 Å². The van der Waals surface area contributed by atoms with Gasteiger partial charge in [-0.3, -0.25) is 4.79 Å². The Kier molecular flexibility index (Phi) is 4.49. The molecule has 1 heterocycles. The van der Waals surface area contributed by atoms with Crippen LogP contribution in [0.3, 0.4) is 0 Å². The highest BCUT2D eigenvalue weighted by Crippen LogP contribution is 2.36. The summed E-state index contributed by atoms with van der Waals surface area (Å²) in [7, 11) is 0. The van der Waals surface area contributed by atoms with E-state index in [0.717, 1.165) is 4.47 Å². The number of benzene rings is 2. The molecule has 23 heavy (non-hydrogen) atoms. The summed E-state index contributed by atoms with van der Waals surface area (Å²) in [5.74, 6) is 0.931. The molecule has 0 bridgehead atoms. The fourth-order valence-corrected chi connectivity index (χ4v) is 2.64. The second-order valence-electron chi connectivity index (χ2n) is 4.87. The van der Waals surface area contributed by atoms with Gasteiger partial charge in [-0.25, -0.2) is 0 Å². The molecule has 5 nitrogen and oxygen atoms in total. The largest absolute Gasteiger partial charge is 0.486 e. The lowest BCUT2D eigenvalue weighted by molar-refractivity contribution is 0.103. The molecule has 1 aliphatic rings. The lowest BCUT2D eigenvalue weighted by Gasteiger charge is -2.21. The van der Waals surface area contributed by atoms with E-state index in [1.807, 2.05) is 12.1 Å². The van der Waals surface area contributed by atoms with Crippen LogP contribution in [0, 0.1) is 0 Å². The van der Waals surface area contributed by atoms with E-state index in [0.29, 0.717) is 41.5 Å². The number of ether oxygens (including phenoxy) is 2. The number of rotatable bonds is 3. The van der Waals surface area contributed by atoms with Crippen molar-refractivity contribution >= 4 is 44.7 Å². The molecule has 0 saturated heterocycles. The highest BCUT2D eigenvalue weighted by atomic mass is 79.9. The Labute approximate surface area is 146 Å². The van der Waals surface area contributed by atoms with Crippen molar-refractivity contribution in [3.63, 3.8) is 0 Å². The number of hydrogen-bond acceptors (Lipinski definition) is 4. The van der Waals surface area contributed by atoms with E-state index in [9.17, 15) is 4.79 Å². The van der Waals surface area contributed by atoms with Gasteiger partial charge >= 0.3 is 0 Å². The zero-order chi connectivity index (χ0) is 16.4. The van der Waals surface area contributed by atoms with Crippen LogP contribution < -0.4 is 20.5 Å². The van der Waals surface area contributed by atoms with E-state index >= 15 is 0 Å². The van der Waals surface area contributed by atoms with Gasteiger partial charge in [0.2, 0.25) is 0 Å². The molecule has 0 fully saturated rings. The Morgan fingerprint density at radius 1 is 1.13 bits per heavy atom. The fourth-order valence-electron chi connectivity index (χ4n) is 2.27. The summed E-state index contributed by atoms with van der Waals surface area (Å²) in [6.07, 6.45) is 0. The average molecular weight is 393 g/mol. The lowest BCUT2D eigenvalue weighted by atomic mass is 10.0. The Morgan fingerprint density at radius 3 is 2.35 bits per heavy atom. The van der Waals surface area contributed by atoms with Crippen LogP contribution >= 0.6 is 28.1 Å². The number of fused-ring (bicyclic) bond motifs is 1. The van der Waals surface area contributed by atoms with Gasteiger partial charge < -0.3 is 20.5 Å². The molecule has 2 aromatic carbocycles. The average Bonchev–Trinajstić information content (AvgIpc) is 2.54. The van der Waals surface area contributed by atoms with Crippen LogP contribution in [0.4, 0.5) is 5.69 Å². The second-order valence-corrected chi connectivity index (χ2v) is 6.22. The monoisotopic (exact) mass is 392 g/mol. The maximum atomic E-state index is 12.8. The van der Waals surface area contributed by atoms with Crippen molar-refractivity contribution in [3.8, 4) is 11.5 Å². The van der Waals surface area contributed by atoms with Crippen molar-refractivity contribution in [3.05, 3.63) is 52.0 Å². The van der Waals surface area contributed by atoms with Gasteiger partial charge in [0.1, 0.15) is 13.2 Å². The molecule has 0 aromatic heterocycles. The zero-order valence-corrected chi connectivity index (χ0v) is 14.4. The van der Waals surface area contributed by atoms with Crippen LogP contribution in [-0.4, -0.2) is 24.1 Å². The van der Waals surface area contributed by atoms with Crippen molar-refractivity contribution in [1.29, 1.82) is 0 Å². The minimum Gasteiger partial charge on any atom is -0.486 e. The zero-order valence-electron chi connectivity index (χ0n) is 12.0. The Balaban J connectivity index is 2.06. The topological polar surface area (TPSA) is 73.6 Å². The summed E-state index contributed by atoms with van der Waals surface area (Å²) in [6.45, 7) is 0.903. The number of hydrogen-bond donors (Lipinski definition) is 2. The van der Waals surface area contributed by atoms with E-state index < -0.39 is 0 Å². The van der Waals surface area contributed by atoms with Crippen molar-refractivity contribution in [1.82, 2.24) is 0 Å². The van der Waals surface area contributed by atoms with Crippen LogP contribution in [0.15, 0.2) is 40.9 Å². The molecule has 2 aromatic rings. The quantitative estimate of drug-likeness (QED) is 0.617. The molecular weight excluding hydrogens is 380 g/mol. The van der Waals surface area contributed by atoms with Crippen molar-refractivity contribution < 1.29 is 14.3 Å². The highest BCUT2D eigenvalue weighted by molar-refractivity contribution is 9.10. The van der Waals surface area contributed by atoms with E-state index in [1.54, 1.807) is 24.3 Å². The summed E-state index contributed by atoms with van der Waals surface area (Å²) in [5, 5.41) is 2.90. The minimum atomic E-state index is -0.159. The van der Waals surface area contributed by atoms with Gasteiger partial charge in [0, 0.05) is 16.1 Å². The van der Waals surface area contributed by atoms with Gasteiger partial charge in [0.25, 0.3) is 0 Å². The van der Waals surface area contributed by atoms with Gasteiger partial charge in [-0.2, -0.15) is 0 Å². The lowest BCUT2D eigenvalue weighted by Crippen LogP contribution is -2.22. The first-order valence-corrected chi connectivity index (χ1v) is 8.05. The van der Waals surface area contributed by atoms with E-state index in [2.05, 4.69) is 21.2 Å². The predicted octanol–water partition coefficient (Wildman–Crippen LogP) is 3.11. The van der Waals surface area contributed by atoms with Gasteiger partial charge in [0.15, 0.2) is 22.4 Å². The molecule has 1 aliphatic heterocycles. The predicted molar refractivity (Wildman–Crippen MR) is 95.4 cm³/mol. The maximum absolute atomic E-state index is 12.8. The summed E-state index contributed by atoms with van der Waals surface area (Å²) in [6, 6.07) is 10.4. The van der Waals surface area contributed by atoms with Gasteiger partial charge in [0.05, 0.1) is 11.3 Å². The fraction of sp³-hybridized carbons (Fsp3) is 0.125. The molecule has 0 amide bonds. The first-order chi connectivity index (χ1) is 11.0. The molecule has 0 radical (unpaired) electrons. The summed E-state index contributed by atoms with van der Waals surface area (Å²) in [5.41, 5.74) is 7.03. The normalized spacial score (nSPS) is 12.6. The Morgan fingerprint density at radius 2 is 1.74 bits per heavy atom. The first kappa shape index (κ1) is 15.8. The molecule has 0 atom stereocenters. The summed E-state index contributed by atoms with van der Waals surface area (Å²) >= 11 is 8.24. The highest BCUT2D eigenvalue weighted by Gasteiger charge is 2.21. The number of carbonyl (C=O) groups is 1. The maximum Gasteiger partial charge on any atom is 0.195 e. The van der Waals surface area contributed by atoms with E-state index in [-0.39, 0.29) is 10.9 Å². The standard InChI is InChI=1S/C16H13BrN2O3S/c17-10-3-1-9(2-4-10)15(20)11-7-13-14(22-6-5-21-13)8-12(11)19-16(18)23/h1-4,7-8H,5-6H2,(H3,18,19,23). The first-order valence-electron chi connectivity index (χ1n) is 6.85. The van der Waals surface area contributed by atoms with Crippen LogP contribution in [0.5, 0.6) is 11.5 Å². The van der Waals surface area contributed by atoms with Crippen molar-refractivity contribution in [2.24, 2.45) is 5.73 Å². The van der Waals surface area contributed by atoms with E-state index in [4.69, 9.17) is 27.4 Å². The third-order valence-corrected chi connectivity index (χ3v) is 3.92. The molecule has 118 valence electrons. The molecule has 0 spiro atoms. The van der Waals surface area contributed by atoms with Crippen LogP contribution in [-0.2, 0) is 0 Å². The molecule has 3 N–H and O–H groups in total. The third kappa shape index (κ3) is 3.46. The van der Waals surface area contributed by atoms with Gasteiger partial charge in [-0.15, -0.1) is 0 Å². The van der Waals surface area contributed by atoms with Crippen molar-refractivity contribution in [2.75, 3.05) is 18.5 Å². The van der Waals surface area contributed by atoms with Gasteiger partial charge in [-0.1, -0.05) is 15.9 Å². The number of thiocarbonyl (C=S) groups is 1. The Bertz CT molecular complexity index is 778. The molecule has 0 unspecified atom stereocenters. The number of ketones is 1. The number of nitrogens with one attached hydrogen (secondary N) is 1. The Hall–Kier alpha value is -2.12. The second kappa shape index (κ2) is 6.55. The number of carbonyl (C=O) groups excluding carboxylic acids is 1. The molecular formula is C16H13BrN2O3S. The summed E-state index contributed by atoms with van der Waals surface area (Å²) in [4.78, 5) is 12.8. The molecule has 3 rings (SSSR count). The third-order valence-electron chi connectivity index (χ3n) is 3.29. The van der Waals surface area contributed by atoms with Crippen LogP contribution in [0.25, 0.3) is 0 Å². The number of anilines is 1. The molecule has 0 aliphatic carbocycles. The van der Waals surface area contributed by atoms with Crippen molar-refractivity contribution in [2.45, 2.75) is 0 Å². The van der Waals surface area contributed by atoms with Gasteiger partial charge in [-0.05, 0) is 42.5 Å². The van der Waals surface area contributed by atoms with Crippen LogP contribution in [0.1, 0.15) is 15.9 Å².